The minimum atomic E-state index is -1.08. The van der Waals surface area contributed by atoms with Crippen molar-refractivity contribution in [3.05, 3.63) is 21.6 Å². The molecule has 0 saturated carbocycles. The Bertz CT molecular complexity index is 576. The average Bonchev–Trinajstić information content (AvgIpc) is 2.65. The van der Waals surface area contributed by atoms with Crippen molar-refractivity contribution in [3.63, 3.8) is 0 Å². The maximum absolute atomic E-state index is 14.6. The SMILES string of the molecule is COc1cc(C(F)C(C)(C)C)c2nc(Br)sc2c1. The second-order valence-corrected chi connectivity index (χ2v) is 7.57. The van der Waals surface area contributed by atoms with Gasteiger partial charge in [-0.1, -0.05) is 20.8 Å². The topological polar surface area (TPSA) is 22.1 Å². The van der Waals surface area contributed by atoms with Gasteiger partial charge < -0.3 is 4.74 Å². The molecule has 0 fully saturated rings. The third-order valence-electron chi connectivity index (χ3n) is 2.74. The highest BCUT2D eigenvalue weighted by atomic mass is 79.9. The van der Waals surface area contributed by atoms with E-state index >= 15 is 0 Å². The van der Waals surface area contributed by atoms with Crippen molar-refractivity contribution in [2.75, 3.05) is 7.11 Å². The number of hydrogen-bond acceptors (Lipinski definition) is 3. The fourth-order valence-corrected chi connectivity index (χ4v) is 3.23. The quantitative estimate of drug-likeness (QED) is 0.761. The maximum atomic E-state index is 14.6. The zero-order chi connectivity index (χ0) is 13.5. The summed E-state index contributed by atoms with van der Waals surface area (Å²) in [5.74, 6) is 0.667. The van der Waals surface area contributed by atoms with Crippen LogP contribution in [0.2, 0.25) is 0 Å². The van der Waals surface area contributed by atoms with Crippen molar-refractivity contribution in [1.82, 2.24) is 4.98 Å². The summed E-state index contributed by atoms with van der Waals surface area (Å²) in [5.41, 5.74) is 0.851. The number of alkyl halides is 1. The molecule has 1 unspecified atom stereocenters. The summed E-state index contributed by atoms with van der Waals surface area (Å²) in [4.78, 5) is 4.36. The Morgan fingerprint density at radius 2 is 2.06 bits per heavy atom. The molecule has 5 heteroatoms. The Morgan fingerprint density at radius 1 is 1.39 bits per heavy atom. The number of benzene rings is 1. The van der Waals surface area contributed by atoms with Gasteiger partial charge in [0.1, 0.15) is 11.9 Å². The molecule has 0 bridgehead atoms. The number of hydrogen-bond donors (Lipinski definition) is 0. The average molecular weight is 332 g/mol. The van der Waals surface area contributed by atoms with Crippen LogP contribution in [0.25, 0.3) is 10.2 Å². The predicted octanol–water partition coefficient (Wildman–Crippen LogP) is 5.12. The Morgan fingerprint density at radius 3 is 2.61 bits per heavy atom. The predicted molar refractivity (Wildman–Crippen MR) is 77.2 cm³/mol. The first-order chi connectivity index (χ1) is 8.32. The third kappa shape index (κ3) is 2.52. The summed E-state index contributed by atoms with van der Waals surface area (Å²) in [5, 5.41) is 0. The summed E-state index contributed by atoms with van der Waals surface area (Å²) in [7, 11) is 1.59. The molecule has 98 valence electrons. The third-order valence-corrected chi connectivity index (χ3v) is 4.19. The van der Waals surface area contributed by atoms with Crippen molar-refractivity contribution >= 4 is 37.5 Å². The molecule has 1 aromatic heterocycles. The van der Waals surface area contributed by atoms with E-state index in [0.717, 1.165) is 14.1 Å². The number of fused-ring (bicyclic) bond motifs is 1. The van der Waals surface area contributed by atoms with Gasteiger partial charge in [-0.15, -0.1) is 11.3 Å². The first-order valence-electron chi connectivity index (χ1n) is 5.61. The van der Waals surface area contributed by atoms with Crippen LogP contribution in [0.5, 0.6) is 5.75 Å². The molecule has 1 aromatic carbocycles. The Hall–Kier alpha value is -0.680. The van der Waals surface area contributed by atoms with Crippen LogP contribution in [0.3, 0.4) is 0 Å². The normalized spacial score (nSPS) is 13.9. The lowest BCUT2D eigenvalue weighted by atomic mass is 9.85. The molecule has 0 saturated heterocycles. The Labute approximate surface area is 118 Å². The first kappa shape index (κ1) is 13.7. The van der Waals surface area contributed by atoms with Gasteiger partial charge >= 0.3 is 0 Å². The fourth-order valence-electron chi connectivity index (χ4n) is 1.78. The minimum Gasteiger partial charge on any atom is -0.497 e. The molecule has 0 aliphatic rings. The smallest absolute Gasteiger partial charge is 0.160 e. The van der Waals surface area contributed by atoms with E-state index in [-0.39, 0.29) is 0 Å². The highest BCUT2D eigenvalue weighted by Crippen LogP contribution is 2.42. The molecule has 0 spiro atoms. The lowest BCUT2D eigenvalue weighted by molar-refractivity contribution is 0.166. The summed E-state index contributed by atoms with van der Waals surface area (Å²) in [6, 6.07) is 3.63. The molecule has 0 aliphatic heterocycles. The van der Waals surface area contributed by atoms with Crippen LogP contribution in [0, 0.1) is 5.41 Å². The molecule has 2 rings (SSSR count). The van der Waals surface area contributed by atoms with Crippen molar-refractivity contribution in [2.24, 2.45) is 5.41 Å². The number of nitrogens with zero attached hydrogens (tertiary/aromatic N) is 1. The molecule has 1 atom stereocenters. The Balaban J connectivity index is 2.67. The van der Waals surface area contributed by atoms with Crippen LogP contribution < -0.4 is 4.74 Å². The monoisotopic (exact) mass is 331 g/mol. The zero-order valence-electron chi connectivity index (χ0n) is 10.8. The lowest BCUT2D eigenvalue weighted by Gasteiger charge is -2.24. The van der Waals surface area contributed by atoms with Gasteiger partial charge in [0, 0.05) is 5.56 Å². The van der Waals surface area contributed by atoms with Gasteiger partial charge in [-0.2, -0.15) is 0 Å². The van der Waals surface area contributed by atoms with E-state index in [1.54, 1.807) is 13.2 Å². The van der Waals surface area contributed by atoms with Crippen molar-refractivity contribution in [1.29, 1.82) is 0 Å². The standard InChI is InChI=1S/C13H15BrFNOS/c1-13(2,3)11(15)8-5-7(17-4)6-9-10(8)16-12(14)18-9/h5-6,11H,1-4H3. The number of methoxy groups -OCH3 is 1. The van der Waals surface area contributed by atoms with E-state index in [1.165, 1.54) is 11.3 Å². The molecule has 0 aliphatic carbocycles. The Kier molecular flexibility index (Phi) is 3.65. The van der Waals surface area contributed by atoms with Crippen LogP contribution in [-0.2, 0) is 0 Å². The van der Waals surface area contributed by atoms with E-state index < -0.39 is 11.6 Å². The number of thiazole rings is 1. The van der Waals surface area contributed by atoms with Crippen LogP contribution in [0.15, 0.2) is 16.0 Å². The molecule has 1 heterocycles. The number of aromatic nitrogens is 1. The molecule has 0 radical (unpaired) electrons. The van der Waals surface area contributed by atoms with E-state index in [4.69, 9.17) is 4.74 Å². The van der Waals surface area contributed by atoms with E-state index in [1.807, 2.05) is 26.8 Å². The number of ether oxygens (including phenoxy) is 1. The van der Waals surface area contributed by atoms with E-state index in [9.17, 15) is 4.39 Å². The summed E-state index contributed by atoms with van der Waals surface area (Å²) >= 11 is 4.83. The van der Waals surface area contributed by atoms with Crippen molar-refractivity contribution in [3.8, 4) is 5.75 Å². The van der Waals surface area contributed by atoms with Gasteiger partial charge in [0.05, 0.1) is 17.3 Å². The van der Waals surface area contributed by atoms with Crippen LogP contribution in [0.1, 0.15) is 32.5 Å². The van der Waals surface area contributed by atoms with Crippen LogP contribution >= 0.6 is 27.3 Å². The van der Waals surface area contributed by atoms with Gasteiger partial charge in [-0.05, 0) is 33.5 Å². The highest BCUT2D eigenvalue weighted by Gasteiger charge is 2.29. The van der Waals surface area contributed by atoms with Gasteiger partial charge in [0.25, 0.3) is 0 Å². The van der Waals surface area contributed by atoms with Gasteiger partial charge in [0.2, 0.25) is 0 Å². The molecular weight excluding hydrogens is 317 g/mol. The number of rotatable bonds is 2. The molecule has 0 amide bonds. The maximum Gasteiger partial charge on any atom is 0.160 e. The van der Waals surface area contributed by atoms with E-state index in [0.29, 0.717) is 11.3 Å². The second kappa shape index (κ2) is 4.78. The second-order valence-electron chi connectivity index (χ2n) is 5.26. The number of halogens is 2. The molecule has 18 heavy (non-hydrogen) atoms. The molecule has 0 N–H and O–H groups in total. The van der Waals surface area contributed by atoms with Crippen LogP contribution in [0.4, 0.5) is 4.39 Å². The van der Waals surface area contributed by atoms with Crippen LogP contribution in [-0.4, -0.2) is 12.1 Å². The molecular formula is C13H15BrFNOS. The molecule has 2 aromatic rings. The largest absolute Gasteiger partial charge is 0.497 e. The van der Waals surface area contributed by atoms with Crippen molar-refractivity contribution in [2.45, 2.75) is 26.9 Å². The summed E-state index contributed by atoms with van der Waals surface area (Å²) in [6.07, 6.45) is -1.08. The lowest BCUT2D eigenvalue weighted by Crippen LogP contribution is -2.14. The summed E-state index contributed by atoms with van der Waals surface area (Å²) in [6.45, 7) is 5.64. The summed E-state index contributed by atoms with van der Waals surface area (Å²) < 4.78 is 21.5. The van der Waals surface area contributed by atoms with Crippen molar-refractivity contribution < 1.29 is 9.13 Å². The molecule has 2 nitrogen and oxygen atoms in total. The minimum absolute atomic E-state index is 0.463. The van der Waals surface area contributed by atoms with Gasteiger partial charge in [-0.25, -0.2) is 9.37 Å². The fraction of sp³-hybridized carbons (Fsp3) is 0.462. The van der Waals surface area contributed by atoms with Gasteiger partial charge in [0.15, 0.2) is 3.92 Å². The highest BCUT2D eigenvalue weighted by molar-refractivity contribution is 9.11. The van der Waals surface area contributed by atoms with Gasteiger partial charge in [-0.3, -0.25) is 0 Å². The first-order valence-corrected chi connectivity index (χ1v) is 7.22. The zero-order valence-corrected chi connectivity index (χ0v) is 13.2. The van der Waals surface area contributed by atoms with E-state index in [2.05, 4.69) is 20.9 Å².